The zero-order valence-corrected chi connectivity index (χ0v) is 12.1. The molecule has 19 heavy (non-hydrogen) atoms. The van der Waals surface area contributed by atoms with E-state index in [2.05, 4.69) is 16.7 Å². The van der Waals surface area contributed by atoms with Crippen molar-refractivity contribution in [1.29, 1.82) is 0 Å². The Morgan fingerprint density at radius 3 is 2.79 bits per heavy atom. The minimum atomic E-state index is 0.189. The van der Waals surface area contributed by atoms with E-state index in [4.69, 9.17) is 11.8 Å². The Morgan fingerprint density at radius 2 is 2.11 bits per heavy atom. The van der Waals surface area contributed by atoms with Crippen LogP contribution >= 0.6 is 11.8 Å². The number of likely N-dealkylation sites (tertiary alicyclic amines) is 1. The van der Waals surface area contributed by atoms with Crippen molar-refractivity contribution in [2.75, 3.05) is 19.6 Å². The molecule has 1 aliphatic rings. The van der Waals surface area contributed by atoms with Crippen molar-refractivity contribution in [1.82, 2.24) is 9.74 Å². The molecule has 0 aliphatic carbocycles. The maximum Gasteiger partial charge on any atom is 0.176 e. The molecule has 1 aliphatic heterocycles. The van der Waals surface area contributed by atoms with Gasteiger partial charge in [0.2, 0.25) is 0 Å². The summed E-state index contributed by atoms with van der Waals surface area (Å²) >= 11 is 5.63. The summed E-state index contributed by atoms with van der Waals surface area (Å²) in [5, 5.41) is 0. The monoisotopic (exact) mass is 280 g/mol. The quantitative estimate of drug-likeness (QED) is 0.665. The number of hydrogen-bond donors (Lipinski definition) is 1. The van der Waals surface area contributed by atoms with Crippen molar-refractivity contribution < 1.29 is 4.79 Å². The van der Waals surface area contributed by atoms with Crippen LogP contribution in [0.3, 0.4) is 0 Å². The number of piperidine rings is 1. The number of carbonyl (C=O) groups excluding carboxylic acids is 1. The van der Waals surface area contributed by atoms with Gasteiger partial charge in [-0.1, -0.05) is 37.3 Å². The van der Waals surface area contributed by atoms with E-state index in [1.54, 1.807) is 0 Å². The Bertz CT molecular complexity index is 410. The fraction of sp³-hybridized carbons (Fsp3) is 0.533. The molecule has 104 valence electrons. The molecule has 0 bridgehead atoms. The van der Waals surface area contributed by atoms with E-state index in [-0.39, 0.29) is 5.78 Å². The third kappa shape index (κ3) is 4.03. The van der Waals surface area contributed by atoms with Gasteiger partial charge >= 0.3 is 0 Å². The highest BCUT2D eigenvalue weighted by molar-refractivity contribution is 6.13. The van der Waals surface area contributed by atoms with Crippen LogP contribution in [-0.2, 0) is 0 Å². The van der Waals surface area contributed by atoms with Gasteiger partial charge in [0.25, 0.3) is 0 Å². The van der Waals surface area contributed by atoms with Crippen LogP contribution in [0.1, 0.15) is 30.1 Å². The summed E-state index contributed by atoms with van der Waals surface area (Å²) in [6.07, 6.45) is 2.31. The van der Waals surface area contributed by atoms with Gasteiger partial charge in [-0.05, 0) is 30.5 Å². The molecule has 2 rings (SSSR count). The number of carbonyl (C=O) groups is 1. The summed E-state index contributed by atoms with van der Waals surface area (Å²) in [5.41, 5.74) is 0.790. The first kappa shape index (κ1) is 14.5. The van der Waals surface area contributed by atoms with Gasteiger partial charge in [0, 0.05) is 24.7 Å². The third-order valence-electron chi connectivity index (χ3n) is 3.81. The van der Waals surface area contributed by atoms with Gasteiger partial charge < -0.3 is 0 Å². The number of nitrogens with zero attached hydrogens (tertiary/aromatic N) is 1. The lowest BCUT2D eigenvalue weighted by Crippen LogP contribution is -2.48. The average Bonchev–Trinajstić information content (AvgIpc) is 2.43. The van der Waals surface area contributed by atoms with E-state index in [0.29, 0.717) is 18.5 Å². The normalized spacial score (nSPS) is 24.3. The van der Waals surface area contributed by atoms with E-state index in [1.165, 1.54) is 6.42 Å². The second-order valence-corrected chi connectivity index (χ2v) is 5.66. The van der Waals surface area contributed by atoms with Crippen LogP contribution in [0.2, 0.25) is 0 Å². The summed E-state index contributed by atoms with van der Waals surface area (Å²) in [6, 6.07) is 9.87. The lowest BCUT2D eigenvalue weighted by molar-refractivity contribution is 0.0784. The van der Waals surface area contributed by atoms with Crippen LogP contribution in [0.4, 0.5) is 0 Å². The van der Waals surface area contributed by atoms with Gasteiger partial charge in [-0.15, -0.1) is 0 Å². The smallest absolute Gasteiger partial charge is 0.176 e. The summed E-state index contributed by atoms with van der Waals surface area (Å²) in [4.78, 5) is 17.3. The summed E-state index contributed by atoms with van der Waals surface area (Å²) in [6.45, 7) is 4.43. The van der Waals surface area contributed by atoms with E-state index in [0.717, 1.165) is 25.1 Å². The summed E-state index contributed by atoms with van der Waals surface area (Å²) < 4.78 is 0. The first-order valence-electron chi connectivity index (χ1n) is 6.86. The van der Waals surface area contributed by atoms with Crippen LogP contribution < -0.4 is 4.84 Å². The minimum absolute atomic E-state index is 0.189. The van der Waals surface area contributed by atoms with Crippen molar-refractivity contribution in [3.8, 4) is 0 Å². The second kappa shape index (κ2) is 7.04. The molecule has 3 nitrogen and oxygen atoms in total. The minimum Gasteiger partial charge on any atom is -0.293 e. The van der Waals surface area contributed by atoms with Crippen LogP contribution in [-0.4, -0.2) is 36.4 Å². The van der Waals surface area contributed by atoms with Crippen LogP contribution in [0, 0.1) is 5.92 Å². The number of hydrogen-bond acceptors (Lipinski definition) is 3. The van der Waals surface area contributed by atoms with Gasteiger partial charge in [0.15, 0.2) is 5.78 Å². The molecule has 0 saturated carbocycles. The maximum atomic E-state index is 12.3. The zero-order valence-electron chi connectivity index (χ0n) is 11.3. The molecule has 1 N–H and O–H groups in total. The highest BCUT2D eigenvalue weighted by Crippen LogP contribution is 2.21. The SMILES string of the molecule is C[C@@H]1CC[C@@H](CNCl)N(CC(=O)c2ccccc2)C1. The fourth-order valence-corrected chi connectivity index (χ4v) is 2.89. The van der Waals surface area contributed by atoms with Gasteiger partial charge in [0.05, 0.1) is 6.54 Å². The molecular weight excluding hydrogens is 260 g/mol. The van der Waals surface area contributed by atoms with Crippen molar-refractivity contribution in [2.45, 2.75) is 25.8 Å². The molecule has 1 heterocycles. The maximum absolute atomic E-state index is 12.3. The Morgan fingerprint density at radius 1 is 1.37 bits per heavy atom. The molecule has 0 radical (unpaired) electrons. The molecule has 0 aromatic heterocycles. The first-order valence-corrected chi connectivity index (χ1v) is 7.24. The van der Waals surface area contributed by atoms with Gasteiger partial charge in [0.1, 0.15) is 0 Å². The lowest BCUT2D eigenvalue weighted by atomic mass is 9.93. The standard InChI is InChI=1S/C15H21ClN2O/c1-12-7-8-14(9-17-16)18(10-12)11-15(19)13-5-3-2-4-6-13/h2-6,12,14,17H,7-11H2,1H3/t12-,14+/m1/s1. The molecule has 4 heteroatoms. The van der Waals surface area contributed by atoms with Crippen molar-refractivity contribution in [2.24, 2.45) is 5.92 Å². The molecule has 0 amide bonds. The van der Waals surface area contributed by atoms with Crippen LogP contribution in [0.25, 0.3) is 0 Å². The zero-order chi connectivity index (χ0) is 13.7. The predicted octanol–water partition coefficient (Wildman–Crippen LogP) is 2.71. The Kier molecular flexibility index (Phi) is 5.37. The summed E-state index contributed by atoms with van der Waals surface area (Å²) in [7, 11) is 0. The van der Waals surface area contributed by atoms with Gasteiger partial charge in [-0.25, -0.2) is 4.84 Å². The van der Waals surface area contributed by atoms with E-state index >= 15 is 0 Å². The number of nitrogens with one attached hydrogen (secondary N) is 1. The van der Waals surface area contributed by atoms with Gasteiger partial charge in [-0.3, -0.25) is 9.69 Å². The first-order chi connectivity index (χ1) is 9.20. The molecule has 0 spiro atoms. The Labute approximate surface area is 120 Å². The molecule has 1 saturated heterocycles. The van der Waals surface area contributed by atoms with E-state index in [1.807, 2.05) is 30.3 Å². The number of rotatable bonds is 5. The molecular formula is C15H21ClN2O. The summed E-state index contributed by atoms with van der Waals surface area (Å²) in [5.74, 6) is 0.837. The number of Topliss-reactive ketones (excluding diaryl/α,β-unsaturated/α-hetero) is 1. The largest absolute Gasteiger partial charge is 0.293 e. The van der Waals surface area contributed by atoms with Crippen molar-refractivity contribution >= 4 is 17.6 Å². The Balaban J connectivity index is 2.00. The number of benzene rings is 1. The van der Waals surface area contributed by atoms with Crippen LogP contribution in [0.15, 0.2) is 30.3 Å². The second-order valence-electron chi connectivity index (χ2n) is 5.39. The molecule has 2 atom stereocenters. The highest BCUT2D eigenvalue weighted by Gasteiger charge is 2.27. The number of ketones is 1. The Hall–Kier alpha value is -0.900. The molecule has 1 fully saturated rings. The molecule has 1 aromatic carbocycles. The molecule has 0 unspecified atom stereocenters. The van der Waals surface area contributed by atoms with Crippen molar-refractivity contribution in [3.63, 3.8) is 0 Å². The lowest BCUT2D eigenvalue weighted by Gasteiger charge is -2.38. The van der Waals surface area contributed by atoms with E-state index in [9.17, 15) is 4.79 Å². The van der Waals surface area contributed by atoms with Crippen molar-refractivity contribution in [3.05, 3.63) is 35.9 Å². The topological polar surface area (TPSA) is 32.3 Å². The highest BCUT2D eigenvalue weighted by atomic mass is 35.5. The third-order valence-corrected chi connectivity index (χ3v) is 3.96. The molecule has 1 aromatic rings. The van der Waals surface area contributed by atoms with Gasteiger partial charge in [-0.2, -0.15) is 0 Å². The van der Waals surface area contributed by atoms with Crippen LogP contribution in [0.5, 0.6) is 0 Å². The fourth-order valence-electron chi connectivity index (χ4n) is 2.71. The number of halogens is 1. The average molecular weight is 281 g/mol. The predicted molar refractivity (Wildman–Crippen MR) is 78.4 cm³/mol. The van der Waals surface area contributed by atoms with E-state index < -0.39 is 0 Å².